The molecule has 12 nitrogen and oxygen atoms in total. The maximum absolute atomic E-state index is 5.13. The largest absolute Gasteiger partial charge is 0.265 e. The minimum absolute atomic E-state index is 0.936. The van der Waals surface area contributed by atoms with Crippen LogP contribution in [-0.2, 0) is 0 Å². The molecule has 0 atom stereocenters. The molecule has 0 aliphatic rings. The molecule has 0 radical (unpaired) electrons. The zero-order valence-corrected chi connectivity index (χ0v) is 77.9. The van der Waals surface area contributed by atoms with Gasteiger partial charge in [-0.15, -0.1) is 0 Å². The van der Waals surface area contributed by atoms with Gasteiger partial charge >= 0.3 is 0 Å². The maximum atomic E-state index is 5.13. The molecule has 12 heteroatoms. The Labute approximate surface area is 829 Å². The van der Waals surface area contributed by atoms with Crippen molar-refractivity contribution in [3.05, 3.63) is 511 Å². The fourth-order valence-corrected chi connectivity index (χ4v) is 19.4. The van der Waals surface area contributed by atoms with Gasteiger partial charge in [-0.25, -0.2) is 39.9 Å². The van der Waals surface area contributed by atoms with Crippen molar-refractivity contribution < 1.29 is 0 Å². The van der Waals surface area contributed by atoms with Crippen molar-refractivity contribution in [2.24, 2.45) is 0 Å². The number of nitrogens with zero attached hydrogens (tertiary/aromatic N) is 12. The summed E-state index contributed by atoms with van der Waals surface area (Å²) in [4.78, 5) is 56.4. The molecule has 0 saturated carbocycles. The van der Waals surface area contributed by atoms with Crippen LogP contribution in [-0.4, -0.2) is 59.8 Å². The van der Waals surface area contributed by atoms with Gasteiger partial charge in [-0.2, -0.15) is 0 Å². The summed E-state index contributed by atoms with van der Waals surface area (Å²) in [6, 6.07) is 161. The Morgan fingerprint density at radius 2 is 0.340 bits per heavy atom. The summed E-state index contributed by atoms with van der Waals surface area (Å²) in [5.41, 5.74) is 33.2. The van der Waals surface area contributed by atoms with Gasteiger partial charge in [0, 0.05) is 137 Å². The van der Waals surface area contributed by atoms with Crippen molar-refractivity contribution in [3.8, 4) is 135 Å². The molecule has 0 saturated heterocycles. The standard InChI is InChI=1S/C37H23N3.2C33H21N3.C29H19N3/c1-2-6-31-24(4-1)8-11-28-5-3-7-32(37(28)31)29-12-9-25-15-17-34(40-35(25)22-29)30-13-10-26-14-16-33(39-36(26)23-30)27-18-20-38-21-19-27;1-2-6-28-22(4-1)5-3-7-29(28)26-10-8-23-13-15-31(36-32(23)20-26)27-11-9-24-12-14-30(35-33(24)21-27)25-16-18-34-19-17-25;1-2-4-26-19-27(8-5-22(26)3-1)28-9-6-23-12-14-31(36-32(23)20-28)29-10-7-24-11-13-30(35-33(24)21-29)25-15-17-34-18-16-25;1-2-4-20(5-3-1)24-8-6-21-11-13-27(32-28(21)18-24)25-9-7-22-10-12-26(31-29(22)19-25)23-14-16-30-17-15-23/h1-23H;2*1-21H;1-19H. The van der Waals surface area contributed by atoms with E-state index in [0.29, 0.717) is 0 Å². The van der Waals surface area contributed by atoms with E-state index in [0.717, 1.165) is 177 Å². The van der Waals surface area contributed by atoms with Crippen LogP contribution >= 0.6 is 0 Å². The summed E-state index contributed by atoms with van der Waals surface area (Å²) >= 11 is 0. The summed E-state index contributed by atoms with van der Waals surface area (Å²) < 4.78 is 0. The second-order valence-corrected chi connectivity index (χ2v) is 35.9. The van der Waals surface area contributed by atoms with E-state index in [4.69, 9.17) is 39.9 Å². The van der Waals surface area contributed by atoms with E-state index >= 15 is 0 Å². The van der Waals surface area contributed by atoms with Gasteiger partial charge in [-0.3, -0.25) is 19.9 Å². The molecule has 16 aromatic carbocycles. The van der Waals surface area contributed by atoms with Crippen molar-refractivity contribution in [3.63, 3.8) is 0 Å². The summed E-state index contributed by atoms with van der Waals surface area (Å²) in [6.07, 6.45) is 14.4. The molecule has 0 aliphatic heterocycles. The van der Waals surface area contributed by atoms with Crippen LogP contribution in [0.5, 0.6) is 0 Å². The van der Waals surface area contributed by atoms with Gasteiger partial charge in [0.2, 0.25) is 0 Å². The summed E-state index contributed by atoms with van der Waals surface area (Å²) in [7, 11) is 0. The Hall–Kier alpha value is -19.6. The Balaban J connectivity index is 0.000000101. The third-order valence-electron chi connectivity index (χ3n) is 27.0. The van der Waals surface area contributed by atoms with Gasteiger partial charge in [0.15, 0.2) is 0 Å². The molecule has 0 unspecified atom stereocenters. The Morgan fingerprint density at radius 3 is 0.715 bits per heavy atom. The SMILES string of the molecule is c1ccc(-c2ccc3ccc(-c4ccc5ccc(-c6ccncc6)nc5c4)nc3c2)cc1.c1ccc2c(-c3ccc4ccc(-c5ccc6ccc(-c7ccncc7)nc6c5)nc4c3)cccc2c1.c1ccc2c(c1)ccc1cccc(-c3ccc4ccc(-c5ccc6ccc(-c7ccncc7)nc6c5)nc4c3)c12.c1ccc2cc(-c3ccc4ccc(-c5ccc6ccc(-c7ccncc7)nc6c5)nc4c3)ccc2c1. The molecule has 12 heterocycles. The average Bonchev–Trinajstić information content (AvgIpc) is 0.762. The van der Waals surface area contributed by atoms with Crippen molar-refractivity contribution in [1.29, 1.82) is 0 Å². The van der Waals surface area contributed by atoms with Crippen molar-refractivity contribution in [1.82, 2.24) is 59.8 Å². The Kier molecular flexibility index (Phi) is 22.8. The highest BCUT2D eigenvalue weighted by molar-refractivity contribution is 6.15. The molecule has 0 spiro atoms. The van der Waals surface area contributed by atoms with Crippen molar-refractivity contribution in [2.75, 3.05) is 0 Å². The minimum Gasteiger partial charge on any atom is -0.265 e. The first-order valence-electron chi connectivity index (χ1n) is 48.1. The average molecular weight is 1840 g/mol. The second-order valence-electron chi connectivity index (χ2n) is 35.9. The molecule has 0 N–H and O–H groups in total. The predicted molar refractivity (Wildman–Crippen MR) is 595 cm³/mol. The summed E-state index contributed by atoms with van der Waals surface area (Å²) in [5.74, 6) is 0. The van der Waals surface area contributed by atoms with E-state index in [1.54, 1.807) is 49.6 Å². The molecular weight excluding hydrogens is 1750 g/mol. The number of hydrogen-bond acceptors (Lipinski definition) is 12. The highest BCUT2D eigenvalue weighted by Gasteiger charge is 2.18. The molecule has 12 aromatic heterocycles. The first kappa shape index (κ1) is 86.1. The summed E-state index contributed by atoms with van der Waals surface area (Å²) in [6.45, 7) is 0. The lowest BCUT2D eigenvalue weighted by atomic mass is 9.93. The van der Waals surface area contributed by atoms with Crippen LogP contribution in [0.4, 0.5) is 0 Å². The lowest BCUT2D eigenvalue weighted by Gasteiger charge is -2.12. The number of pyridine rings is 12. The lowest BCUT2D eigenvalue weighted by molar-refractivity contribution is 1.31. The van der Waals surface area contributed by atoms with E-state index in [2.05, 4.69) is 426 Å². The first-order valence-corrected chi connectivity index (χ1v) is 48.1. The molecular formula is C132H84N12. The normalized spacial score (nSPS) is 11.3. The van der Waals surface area contributed by atoms with Gasteiger partial charge in [-0.1, -0.05) is 309 Å². The summed E-state index contributed by atoms with van der Waals surface area (Å²) in [5, 5.41) is 19.0. The monoisotopic (exact) mass is 1840 g/mol. The number of aromatic nitrogens is 12. The zero-order chi connectivity index (χ0) is 95.6. The molecule has 0 bridgehead atoms. The highest BCUT2D eigenvalue weighted by atomic mass is 14.8. The van der Waals surface area contributed by atoms with Gasteiger partial charge in [-0.05, 0) is 239 Å². The molecule has 0 fully saturated rings. The number of hydrogen-bond donors (Lipinski definition) is 0. The third-order valence-corrected chi connectivity index (χ3v) is 27.0. The van der Waals surface area contributed by atoms with E-state index in [9.17, 15) is 0 Å². The molecule has 144 heavy (non-hydrogen) atoms. The predicted octanol–water partition coefficient (Wildman–Crippen LogP) is 33.3. The second kappa shape index (κ2) is 38.1. The van der Waals surface area contributed by atoms with Gasteiger partial charge in [0.05, 0.1) is 89.7 Å². The van der Waals surface area contributed by atoms with Crippen LogP contribution in [0.3, 0.4) is 0 Å². The molecule has 0 aliphatic carbocycles. The van der Waals surface area contributed by atoms with E-state index < -0.39 is 0 Å². The molecule has 28 aromatic rings. The minimum atomic E-state index is 0.936. The number of rotatable bonds is 12. The van der Waals surface area contributed by atoms with Crippen LogP contribution in [0.15, 0.2) is 511 Å². The molecule has 28 rings (SSSR count). The van der Waals surface area contributed by atoms with Crippen LogP contribution in [0, 0.1) is 0 Å². The van der Waals surface area contributed by atoms with Gasteiger partial charge in [0.1, 0.15) is 0 Å². The van der Waals surface area contributed by atoms with Gasteiger partial charge in [0.25, 0.3) is 0 Å². The smallest absolute Gasteiger partial charge is 0.0716 e. The van der Waals surface area contributed by atoms with E-state index in [1.165, 1.54) is 87.6 Å². The van der Waals surface area contributed by atoms with Crippen LogP contribution < -0.4 is 0 Å². The first-order chi connectivity index (χ1) is 71.2. The highest BCUT2D eigenvalue weighted by Crippen LogP contribution is 2.41. The van der Waals surface area contributed by atoms with Crippen LogP contribution in [0.1, 0.15) is 0 Å². The lowest BCUT2D eigenvalue weighted by Crippen LogP contribution is -1.90. The van der Waals surface area contributed by atoms with Crippen LogP contribution in [0.25, 0.3) is 265 Å². The molecule has 672 valence electrons. The molecule has 0 amide bonds. The fourth-order valence-electron chi connectivity index (χ4n) is 19.4. The van der Waals surface area contributed by atoms with Gasteiger partial charge < -0.3 is 0 Å². The quantitative estimate of drug-likeness (QED) is 0.107. The van der Waals surface area contributed by atoms with E-state index in [-0.39, 0.29) is 0 Å². The maximum Gasteiger partial charge on any atom is 0.0716 e. The number of fused-ring (bicyclic) bond motifs is 13. The Morgan fingerprint density at radius 1 is 0.111 bits per heavy atom. The number of benzene rings is 16. The Bertz CT molecular complexity index is 9670. The zero-order valence-electron chi connectivity index (χ0n) is 77.9. The topological polar surface area (TPSA) is 155 Å². The van der Waals surface area contributed by atoms with Crippen LogP contribution in [0.2, 0.25) is 0 Å². The van der Waals surface area contributed by atoms with Crippen molar-refractivity contribution >= 4 is 130 Å². The van der Waals surface area contributed by atoms with Crippen molar-refractivity contribution in [2.45, 2.75) is 0 Å². The third kappa shape index (κ3) is 17.7. The van der Waals surface area contributed by atoms with E-state index in [1.807, 2.05) is 54.6 Å². The fraction of sp³-hybridized carbons (Fsp3) is 0.